The predicted molar refractivity (Wildman–Crippen MR) is 117 cm³/mol. The maximum atomic E-state index is 11.7. The third-order valence-electron chi connectivity index (χ3n) is 5.09. The number of nitrogens with zero attached hydrogens (tertiary/aromatic N) is 1. The second kappa shape index (κ2) is 17.2. The van der Waals surface area contributed by atoms with Crippen molar-refractivity contribution in [3.05, 3.63) is 0 Å². The molecule has 28 heavy (non-hydrogen) atoms. The maximum absolute atomic E-state index is 11.7. The summed E-state index contributed by atoms with van der Waals surface area (Å²) in [7, 11) is 0.104. The molecule has 0 radical (unpaired) electrons. The quantitative estimate of drug-likeness (QED) is 0.239. The molecule has 6 nitrogen and oxygen atoms in total. The smallest absolute Gasteiger partial charge is 0.267 e. The molecule has 0 aromatic rings. The normalized spacial score (nSPS) is 13.0. The highest BCUT2D eigenvalue weighted by molar-refractivity contribution is 7.86. The summed E-state index contributed by atoms with van der Waals surface area (Å²) in [6, 6.07) is 0. The predicted octanol–water partition coefficient (Wildman–Crippen LogP) is 4.40. The monoisotopic (exact) mass is 420 g/mol. The second-order valence-electron chi connectivity index (χ2n) is 8.15. The SMILES string of the molecule is CCCCCCCC(CCCCCCCC(=O)NCCCN(C)C)S(=O)(=O)O. The largest absolute Gasteiger partial charge is 0.356 e. The molecule has 0 saturated carbocycles. The van der Waals surface area contributed by atoms with Crippen LogP contribution in [0.4, 0.5) is 0 Å². The van der Waals surface area contributed by atoms with Gasteiger partial charge in [-0.1, -0.05) is 64.7 Å². The number of unbranched alkanes of at least 4 members (excludes halogenated alkanes) is 8. The minimum absolute atomic E-state index is 0.119. The first kappa shape index (κ1) is 27.3. The molecule has 1 amide bonds. The van der Waals surface area contributed by atoms with Crippen LogP contribution in [0.15, 0.2) is 0 Å². The lowest BCUT2D eigenvalue weighted by Crippen LogP contribution is -2.26. The van der Waals surface area contributed by atoms with Gasteiger partial charge in [-0.25, -0.2) is 0 Å². The Labute approximate surface area is 173 Å². The molecule has 0 saturated heterocycles. The van der Waals surface area contributed by atoms with E-state index in [-0.39, 0.29) is 5.91 Å². The van der Waals surface area contributed by atoms with Gasteiger partial charge in [0.25, 0.3) is 10.1 Å². The lowest BCUT2D eigenvalue weighted by Gasteiger charge is -2.13. The van der Waals surface area contributed by atoms with Crippen LogP contribution in [0.25, 0.3) is 0 Å². The average Bonchev–Trinajstić information content (AvgIpc) is 2.61. The van der Waals surface area contributed by atoms with Gasteiger partial charge >= 0.3 is 0 Å². The Morgan fingerprint density at radius 3 is 1.96 bits per heavy atom. The summed E-state index contributed by atoms with van der Waals surface area (Å²) in [5.41, 5.74) is 0. The standard InChI is InChI=1S/C21H44N2O4S/c1-4-5-6-8-11-15-20(28(25,26)27)16-12-9-7-10-13-17-21(24)22-18-14-19-23(2)3/h20H,4-19H2,1-3H3,(H,22,24)(H,25,26,27). The fourth-order valence-electron chi connectivity index (χ4n) is 3.32. The number of hydrogen-bond donors (Lipinski definition) is 2. The Balaban J connectivity index is 3.72. The van der Waals surface area contributed by atoms with Crippen LogP contribution < -0.4 is 5.32 Å². The summed E-state index contributed by atoms with van der Waals surface area (Å²) in [4.78, 5) is 13.8. The van der Waals surface area contributed by atoms with E-state index in [0.29, 0.717) is 19.3 Å². The minimum Gasteiger partial charge on any atom is -0.356 e. The molecule has 0 aromatic carbocycles. The molecule has 0 aliphatic rings. The van der Waals surface area contributed by atoms with Gasteiger partial charge in [-0.2, -0.15) is 8.42 Å². The fraction of sp³-hybridized carbons (Fsp3) is 0.952. The lowest BCUT2D eigenvalue weighted by molar-refractivity contribution is -0.121. The zero-order valence-electron chi connectivity index (χ0n) is 18.4. The third kappa shape index (κ3) is 17.4. The Bertz CT molecular complexity index is 481. The highest BCUT2D eigenvalue weighted by atomic mass is 32.2. The molecule has 0 aliphatic heterocycles. The summed E-state index contributed by atoms with van der Waals surface area (Å²) in [5, 5.41) is 2.33. The van der Waals surface area contributed by atoms with Gasteiger partial charge in [0.15, 0.2) is 0 Å². The zero-order chi connectivity index (χ0) is 21.3. The molecule has 1 unspecified atom stereocenters. The van der Waals surface area contributed by atoms with Crippen LogP contribution in [0.5, 0.6) is 0 Å². The number of hydrogen-bond acceptors (Lipinski definition) is 4. The number of amides is 1. The van der Waals surface area contributed by atoms with E-state index >= 15 is 0 Å². The number of rotatable bonds is 19. The van der Waals surface area contributed by atoms with Gasteiger partial charge in [0.1, 0.15) is 0 Å². The Kier molecular flexibility index (Phi) is 16.8. The third-order valence-corrected chi connectivity index (χ3v) is 6.40. The molecule has 0 bridgehead atoms. The van der Waals surface area contributed by atoms with Crippen LogP contribution >= 0.6 is 0 Å². The van der Waals surface area contributed by atoms with Crippen molar-refractivity contribution >= 4 is 16.0 Å². The van der Waals surface area contributed by atoms with E-state index in [2.05, 4.69) is 17.1 Å². The van der Waals surface area contributed by atoms with E-state index in [4.69, 9.17) is 0 Å². The summed E-state index contributed by atoms with van der Waals surface area (Å²) >= 11 is 0. The van der Waals surface area contributed by atoms with Crippen molar-refractivity contribution in [1.29, 1.82) is 0 Å². The summed E-state index contributed by atoms with van der Waals surface area (Å²) in [5.74, 6) is 0.119. The van der Waals surface area contributed by atoms with Crippen LogP contribution in [0.1, 0.15) is 96.8 Å². The zero-order valence-corrected chi connectivity index (χ0v) is 19.2. The van der Waals surface area contributed by atoms with Gasteiger partial charge in [-0.05, 0) is 46.3 Å². The second-order valence-corrected chi connectivity index (χ2v) is 9.85. The molecule has 0 rings (SSSR count). The minimum atomic E-state index is -3.94. The van der Waals surface area contributed by atoms with Crippen molar-refractivity contribution in [1.82, 2.24) is 10.2 Å². The average molecular weight is 421 g/mol. The van der Waals surface area contributed by atoms with Gasteiger partial charge in [0.2, 0.25) is 5.91 Å². The lowest BCUT2D eigenvalue weighted by atomic mass is 10.0. The fourth-order valence-corrected chi connectivity index (χ4v) is 4.25. The van der Waals surface area contributed by atoms with Crippen molar-refractivity contribution in [2.45, 2.75) is 102 Å². The molecular formula is C21H44N2O4S. The van der Waals surface area contributed by atoms with Crippen LogP contribution in [0, 0.1) is 0 Å². The molecule has 0 heterocycles. The first-order valence-electron chi connectivity index (χ1n) is 11.1. The van der Waals surface area contributed by atoms with Crippen LogP contribution in [-0.2, 0) is 14.9 Å². The van der Waals surface area contributed by atoms with Gasteiger partial charge < -0.3 is 10.2 Å². The highest BCUT2D eigenvalue weighted by Gasteiger charge is 2.21. The van der Waals surface area contributed by atoms with Gasteiger partial charge in [0.05, 0.1) is 5.25 Å². The number of nitrogens with one attached hydrogen (secondary N) is 1. The molecule has 7 heteroatoms. The topological polar surface area (TPSA) is 86.7 Å². The number of carbonyl (C=O) groups is 1. The summed E-state index contributed by atoms with van der Waals surface area (Å²) in [6.45, 7) is 3.86. The molecule has 0 aromatic heterocycles. The molecule has 1 atom stereocenters. The van der Waals surface area contributed by atoms with Crippen LogP contribution in [0.3, 0.4) is 0 Å². The van der Waals surface area contributed by atoms with Crippen LogP contribution in [-0.4, -0.2) is 56.2 Å². The molecule has 2 N–H and O–H groups in total. The van der Waals surface area contributed by atoms with Gasteiger partial charge in [-0.15, -0.1) is 0 Å². The Morgan fingerprint density at radius 1 is 0.893 bits per heavy atom. The van der Waals surface area contributed by atoms with Gasteiger partial charge in [-0.3, -0.25) is 9.35 Å². The van der Waals surface area contributed by atoms with Crippen molar-refractivity contribution < 1.29 is 17.8 Å². The van der Waals surface area contributed by atoms with Crippen molar-refractivity contribution in [2.75, 3.05) is 27.2 Å². The molecular weight excluding hydrogens is 376 g/mol. The Hall–Kier alpha value is -0.660. The van der Waals surface area contributed by atoms with E-state index < -0.39 is 15.4 Å². The van der Waals surface area contributed by atoms with E-state index in [1.54, 1.807) is 0 Å². The van der Waals surface area contributed by atoms with Crippen molar-refractivity contribution in [3.8, 4) is 0 Å². The molecule has 0 aliphatic carbocycles. The summed E-state index contributed by atoms with van der Waals surface area (Å²) in [6.07, 6.45) is 12.7. The van der Waals surface area contributed by atoms with Crippen molar-refractivity contribution in [2.24, 2.45) is 0 Å². The summed E-state index contributed by atoms with van der Waals surface area (Å²) < 4.78 is 32.5. The van der Waals surface area contributed by atoms with E-state index in [1.807, 2.05) is 14.1 Å². The number of carbonyl (C=O) groups excluding carboxylic acids is 1. The first-order chi connectivity index (χ1) is 13.3. The van der Waals surface area contributed by atoms with Crippen molar-refractivity contribution in [3.63, 3.8) is 0 Å². The van der Waals surface area contributed by atoms with Gasteiger partial charge in [0, 0.05) is 13.0 Å². The molecule has 0 spiro atoms. The van der Waals surface area contributed by atoms with Crippen LogP contribution in [0.2, 0.25) is 0 Å². The molecule has 0 fully saturated rings. The van der Waals surface area contributed by atoms with E-state index in [1.165, 1.54) is 12.8 Å². The van der Waals surface area contributed by atoms with E-state index in [9.17, 15) is 17.8 Å². The molecule has 168 valence electrons. The van der Waals surface area contributed by atoms with E-state index in [0.717, 1.165) is 70.9 Å². The highest BCUT2D eigenvalue weighted by Crippen LogP contribution is 2.19. The Morgan fingerprint density at radius 2 is 1.43 bits per heavy atom. The first-order valence-corrected chi connectivity index (χ1v) is 12.7. The maximum Gasteiger partial charge on any atom is 0.267 e.